The summed E-state index contributed by atoms with van der Waals surface area (Å²) >= 11 is 1.47. The van der Waals surface area contributed by atoms with Crippen LogP contribution in [0.25, 0.3) is 11.3 Å². The monoisotopic (exact) mass is 420 g/mol. The lowest BCUT2D eigenvalue weighted by Gasteiger charge is -2.36. The Morgan fingerprint density at radius 3 is 2.50 bits per heavy atom. The zero-order valence-corrected chi connectivity index (χ0v) is 18.6. The van der Waals surface area contributed by atoms with Gasteiger partial charge >= 0.3 is 0 Å². The first kappa shape index (κ1) is 20.6. The van der Waals surface area contributed by atoms with E-state index in [9.17, 15) is 4.79 Å². The van der Waals surface area contributed by atoms with Gasteiger partial charge < -0.3 is 10.2 Å². The molecule has 30 heavy (non-hydrogen) atoms. The van der Waals surface area contributed by atoms with Crippen molar-refractivity contribution < 1.29 is 4.79 Å². The van der Waals surface area contributed by atoms with Crippen molar-refractivity contribution in [3.8, 4) is 11.3 Å². The minimum absolute atomic E-state index is 0.00000719. The topological polar surface area (TPSA) is 48.5 Å². The van der Waals surface area contributed by atoms with E-state index < -0.39 is 0 Å². The number of carbonyl (C=O) groups excluding carboxylic acids is 1. The molecule has 1 aliphatic heterocycles. The van der Waals surface area contributed by atoms with Crippen LogP contribution >= 0.6 is 11.3 Å². The van der Waals surface area contributed by atoms with E-state index in [4.69, 9.17) is 0 Å². The first-order valence-electron chi connectivity index (χ1n) is 10.4. The molecule has 1 saturated heterocycles. The van der Waals surface area contributed by atoms with Crippen LogP contribution in [0.2, 0.25) is 0 Å². The van der Waals surface area contributed by atoms with Crippen LogP contribution in [-0.2, 0) is 4.79 Å². The van der Waals surface area contributed by atoms with Gasteiger partial charge in [0.05, 0.1) is 12.2 Å². The van der Waals surface area contributed by atoms with E-state index in [1.54, 1.807) is 0 Å². The maximum atomic E-state index is 12.5. The van der Waals surface area contributed by atoms with E-state index in [1.807, 2.05) is 5.38 Å². The third kappa shape index (κ3) is 4.71. The molecule has 6 heteroatoms. The van der Waals surface area contributed by atoms with Crippen molar-refractivity contribution in [2.24, 2.45) is 0 Å². The second kappa shape index (κ2) is 8.98. The molecule has 1 aromatic heterocycles. The second-order valence-electron chi connectivity index (χ2n) is 7.93. The zero-order chi connectivity index (χ0) is 21.1. The van der Waals surface area contributed by atoms with Crippen molar-refractivity contribution in [3.63, 3.8) is 0 Å². The molecule has 0 spiro atoms. The standard InChI is InChI=1S/C24H28N4OS/c1-17-7-9-20(10-8-17)21-16-30-24(25-21)26-23(29)15-27-11-13-28(14-12-27)22-6-4-5-18(2)19(22)3/h4-10,16H,11-15H2,1-3H3,(H,25,26,29). The first-order valence-corrected chi connectivity index (χ1v) is 11.2. The summed E-state index contributed by atoms with van der Waals surface area (Å²) in [7, 11) is 0. The molecule has 0 unspecified atom stereocenters. The van der Waals surface area contributed by atoms with Crippen LogP contribution in [0.5, 0.6) is 0 Å². The molecule has 5 nitrogen and oxygen atoms in total. The fourth-order valence-electron chi connectivity index (χ4n) is 3.78. The van der Waals surface area contributed by atoms with Crippen molar-refractivity contribution in [3.05, 3.63) is 64.5 Å². The number of benzene rings is 2. The van der Waals surface area contributed by atoms with Gasteiger partial charge in [0.1, 0.15) is 0 Å². The molecule has 3 aromatic rings. The summed E-state index contributed by atoms with van der Waals surface area (Å²) in [5.74, 6) is -0.00000719. The van der Waals surface area contributed by atoms with E-state index in [-0.39, 0.29) is 5.91 Å². The number of piperazine rings is 1. The molecule has 156 valence electrons. The molecule has 1 amide bonds. The molecule has 0 atom stereocenters. The molecule has 0 aliphatic carbocycles. The van der Waals surface area contributed by atoms with E-state index in [2.05, 4.69) is 83.3 Å². The fourth-order valence-corrected chi connectivity index (χ4v) is 4.51. The van der Waals surface area contributed by atoms with Gasteiger partial charge in [-0.2, -0.15) is 0 Å². The normalized spacial score (nSPS) is 14.7. The zero-order valence-electron chi connectivity index (χ0n) is 17.8. The Morgan fingerprint density at radius 1 is 1.03 bits per heavy atom. The Hall–Kier alpha value is -2.70. The number of amides is 1. The molecule has 1 N–H and O–H groups in total. The van der Waals surface area contributed by atoms with E-state index in [1.165, 1.54) is 33.7 Å². The third-order valence-electron chi connectivity index (χ3n) is 5.75. The van der Waals surface area contributed by atoms with Crippen molar-refractivity contribution in [1.82, 2.24) is 9.88 Å². The smallest absolute Gasteiger partial charge is 0.240 e. The number of aryl methyl sites for hydroxylation is 2. The summed E-state index contributed by atoms with van der Waals surface area (Å²) in [6.07, 6.45) is 0. The molecule has 2 heterocycles. The maximum Gasteiger partial charge on any atom is 0.240 e. The molecule has 0 saturated carbocycles. The molecule has 0 radical (unpaired) electrons. The number of anilines is 2. The number of hydrogen-bond donors (Lipinski definition) is 1. The van der Waals surface area contributed by atoms with Gasteiger partial charge in [-0.15, -0.1) is 11.3 Å². The lowest BCUT2D eigenvalue weighted by atomic mass is 10.1. The van der Waals surface area contributed by atoms with Crippen LogP contribution in [0.4, 0.5) is 10.8 Å². The van der Waals surface area contributed by atoms with Gasteiger partial charge in [-0.1, -0.05) is 42.0 Å². The van der Waals surface area contributed by atoms with Gasteiger partial charge in [0.15, 0.2) is 5.13 Å². The number of nitrogens with zero attached hydrogens (tertiary/aromatic N) is 3. The van der Waals surface area contributed by atoms with Crippen molar-refractivity contribution in [2.75, 3.05) is 42.9 Å². The first-order chi connectivity index (χ1) is 14.5. The Labute approximate surface area is 182 Å². The maximum absolute atomic E-state index is 12.5. The highest BCUT2D eigenvalue weighted by Crippen LogP contribution is 2.26. The number of rotatable bonds is 5. The summed E-state index contributed by atoms with van der Waals surface area (Å²) in [6.45, 7) is 10.4. The van der Waals surface area contributed by atoms with Crippen molar-refractivity contribution in [2.45, 2.75) is 20.8 Å². The lowest BCUT2D eigenvalue weighted by Crippen LogP contribution is -2.48. The predicted molar refractivity (Wildman–Crippen MR) is 125 cm³/mol. The van der Waals surface area contributed by atoms with Crippen LogP contribution in [-0.4, -0.2) is 48.5 Å². The number of carbonyl (C=O) groups is 1. The van der Waals surface area contributed by atoms with Crippen molar-refractivity contribution >= 4 is 28.1 Å². The summed E-state index contributed by atoms with van der Waals surface area (Å²) < 4.78 is 0. The van der Waals surface area contributed by atoms with Gasteiger partial charge in [-0.25, -0.2) is 4.98 Å². The van der Waals surface area contributed by atoms with Crippen LogP contribution in [0.15, 0.2) is 47.8 Å². The highest BCUT2D eigenvalue weighted by molar-refractivity contribution is 7.14. The average molecular weight is 421 g/mol. The van der Waals surface area contributed by atoms with Crippen LogP contribution in [0.3, 0.4) is 0 Å². The predicted octanol–water partition coefficient (Wildman–Crippen LogP) is 4.50. The van der Waals surface area contributed by atoms with E-state index in [0.717, 1.165) is 37.4 Å². The summed E-state index contributed by atoms with van der Waals surface area (Å²) in [4.78, 5) is 21.7. The molecule has 4 rings (SSSR count). The Kier molecular flexibility index (Phi) is 6.16. The summed E-state index contributed by atoms with van der Waals surface area (Å²) in [5, 5.41) is 5.61. The van der Waals surface area contributed by atoms with Gasteiger partial charge in [0.2, 0.25) is 5.91 Å². The summed E-state index contributed by atoms with van der Waals surface area (Å²) in [5.41, 5.74) is 7.17. The molecular formula is C24H28N4OS. The van der Waals surface area contributed by atoms with Gasteiger partial charge in [0, 0.05) is 42.8 Å². The average Bonchev–Trinajstić information content (AvgIpc) is 3.19. The van der Waals surface area contributed by atoms with E-state index >= 15 is 0 Å². The van der Waals surface area contributed by atoms with Crippen LogP contribution in [0, 0.1) is 20.8 Å². The SMILES string of the molecule is Cc1ccc(-c2csc(NC(=O)CN3CCN(c4cccc(C)c4C)CC3)n2)cc1. The minimum Gasteiger partial charge on any atom is -0.369 e. The number of aromatic nitrogens is 1. The lowest BCUT2D eigenvalue weighted by molar-refractivity contribution is -0.117. The molecule has 2 aromatic carbocycles. The second-order valence-corrected chi connectivity index (χ2v) is 8.79. The molecular weight excluding hydrogens is 392 g/mol. The van der Waals surface area contributed by atoms with Crippen LogP contribution < -0.4 is 10.2 Å². The number of hydrogen-bond acceptors (Lipinski definition) is 5. The Balaban J connectivity index is 1.29. The molecule has 1 fully saturated rings. The number of thiazole rings is 1. The molecule has 1 aliphatic rings. The van der Waals surface area contributed by atoms with E-state index in [0.29, 0.717) is 11.7 Å². The largest absolute Gasteiger partial charge is 0.369 e. The third-order valence-corrected chi connectivity index (χ3v) is 6.51. The fraction of sp³-hybridized carbons (Fsp3) is 0.333. The number of nitrogens with one attached hydrogen (secondary N) is 1. The Morgan fingerprint density at radius 2 is 1.77 bits per heavy atom. The highest BCUT2D eigenvalue weighted by atomic mass is 32.1. The van der Waals surface area contributed by atoms with Crippen LogP contribution in [0.1, 0.15) is 16.7 Å². The van der Waals surface area contributed by atoms with Crippen molar-refractivity contribution in [1.29, 1.82) is 0 Å². The van der Waals surface area contributed by atoms with Gasteiger partial charge in [-0.3, -0.25) is 9.69 Å². The quantitative estimate of drug-likeness (QED) is 0.660. The highest BCUT2D eigenvalue weighted by Gasteiger charge is 2.21. The molecule has 0 bridgehead atoms. The summed E-state index contributed by atoms with van der Waals surface area (Å²) in [6, 6.07) is 14.7. The Bertz CT molecular complexity index is 1020. The van der Waals surface area contributed by atoms with Gasteiger partial charge in [0.25, 0.3) is 0 Å². The van der Waals surface area contributed by atoms with Gasteiger partial charge in [-0.05, 0) is 38.0 Å². The minimum atomic E-state index is -0.00000719.